The van der Waals surface area contributed by atoms with E-state index in [0.29, 0.717) is 0 Å². The van der Waals surface area contributed by atoms with E-state index in [2.05, 4.69) is 42.5 Å². The number of hydrogen-bond acceptors (Lipinski definition) is 2. The van der Waals surface area contributed by atoms with Crippen molar-refractivity contribution in [2.24, 2.45) is 5.73 Å². The number of aromatic nitrogens is 2. The van der Waals surface area contributed by atoms with E-state index < -0.39 is 0 Å². The van der Waals surface area contributed by atoms with Crippen LogP contribution in [-0.4, -0.2) is 15.6 Å². The van der Waals surface area contributed by atoms with Gasteiger partial charge in [-0.3, -0.25) is 0 Å². The molecule has 1 aliphatic rings. The Kier molecular flexibility index (Phi) is 2.94. The predicted molar refractivity (Wildman–Crippen MR) is 78.2 cm³/mol. The standard InChI is InChI=1S/C16H21N3/c1-10-4-5-14(12(3)11(10)2)16-15-8-13(17)6-7-19(15)9-18-16/h4-5,9,13H,6-8,17H2,1-3H3. The van der Waals surface area contributed by atoms with Crippen molar-refractivity contribution in [1.82, 2.24) is 9.55 Å². The molecule has 3 nitrogen and oxygen atoms in total. The van der Waals surface area contributed by atoms with Crippen molar-refractivity contribution < 1.29 is 0 Å². The minimum absolute atomic E-state index is 0.273. The Morgan fingerprint density at radius 2 is 2.00 bits per heavy atom. The van der Waals surface area contributed by atoms with Crippen LogP contribution >= 0.6 is 0 Å². The summed E-state index contributed by atoms with van der Waals surface area (Å²) >= 11 is 0. The molecule has 3 rings (SSSR count). The summed E-state index contributed by atoms with van der Waals surface area (Å²) in [5.74, 6) is 0. The number of hydrogen-bond donors (Lipinski definition) is 1. The van der Waals surface area contributed by atoms with Crippen LogP contribution in [0.15, 0.2) is 18.5 Å². The number of aryl methyl sites for hydroxylation is 2. The van der Waals surface area contributed by atoms with E-state index in [9.17, 15) is 0 Å². The zero-order chi connectivity index (χ0) is 13.6. The molecule has 0 amide bonds. The van der Waals surface area contributed by atoms with Crippen LogP contribution in [0.5, 0.6) is 0 Å². The summed E-state index contributed by atoms with van der Waals surface area (Å²) in [4.78, 5) is 4.64. The molecule has 0 radical (unpaired) electrons. The van der Waals surface area contributed by atoms with Crippen LogP contribution in [0.4, 0.5) is 0 Å². The van der Waals surface area contributed by atoms with Gasteiger partial charge in [0.25, 0.3) is 0 Å². The average Bonchev–Trinajstić information content (AvgIpc) is 2.79. The predicted octanol–water partition coefficient (Wildman–Crippen LogP) is 2.75. The molecule has 1 atom stereocenters. The van der Waals surface area contributed by atoms with Crippen molar-refractivity contribution in [2.45, 2.75) is 46.2 Å². The number of rotatable bonds is 1. The average molecular weight is 255 g/mol. The summed E-state index contributed by atoms with van der Waals surface area (Å²) in [7, 11) is 0. The lowest BCUT2D eigenvalue weighted by molar-refractivity contribution is 0.472. The quantitative estimate of drug-likeness (QED) is 0.851. The molecule has 1 aromatic heterocycles. The molecule has 100 valence electrons. The fraction of sp³-hybridized carbons (Fsp3) is 0.438. The molecule has 2 heterocycles. The fourth-order valence-electron chi connectivity index (χ4n) is 2.91. The van der Waals surface area contributed by atoms with Gasteiger partial charge in [0, 0.05) is 30.3 Å². The topological polar surface area (TPSA) is 43.8 Å². The van der Waals surface area contributed by atoms with E-state index in [4.69, 9.17) is 5.73 Å². The zero-order valence-corrected chi connectivity index (χ0v) is 11.9. The number of fused-ring (bicyclic) bond motifs is 1. The van der Waals surface area contributed by atoms with Crippen molar-refractivity contribution in [2.75, 3.05) is 0 Å². The molecule has 1 aromatic carbocycles. The number of imidazole rings is 1. The van der Waals surface area contributed by atoms with Crippen LogP contribution in [0.25, 0.3) is 11.3 Å². The maximum Gasteiger partial charge on any atom is 0.0956 e. The van der Waals surface area contributed by atoms with Crippen molar-refractivity contribution in [3.63, 3.8) is 0 Å². The van der Waals surface area contributed by atoms with E-state index in [0.717, 1.165) is 25.1 Å². The van der Waals surface area contributed by atoms with Gasteiger partial charge in [-0.15, -0.1) is 0 Å². The molecule has 0 saturated carbocycles. The first-order valence-electron chi connectivity index (χ1n) is 6.94. The second kappa shape index (κ2) is 4.49. The first-order chi connectivity index (χ1) is 9.08. The highest BCUT2D eigenvalue weighted by Crippen LogP contribution is 2.31. The maximum atomic E-state index is 6.11. The number of nitrogens with two attached hydrogens (primary N) is 1. The third-order valence-corrected chi connectivity index (χ3v) is 4.46. The van der Waals surface area contributed by atoms with E-state index >= 15 is 0 Å². The Labute approximate surface area is 114 Å². The van der Waals surface area contributed by atoms with Crippen molar-refractivity contribution in [3.8, 4) is 11.3 Å². The van der Waals surface area contributed by atoms with Crippen LogP contribution in [0.2, 0.25) is 0 Å². The van der Waals surface area contributed by atoms with Gasteiger partial charge < -0.3 is 10.3 Å². The van der Waals surface area contributed by atoms with Crippen molar-refractivity contribution in [3.05, 3.63) is 40.8 Å². The summed E-state index contributed by atoms with van der Waals surface area (Å²) in [6.07, 6.45) is 3.95. The second-order valence-electron chi connectivity index (χ2n) is 5.67. The summed E-state index contributed by atoms with van der Waals surface area (Å²) in [6, 6.07) is 4.66. The highest BCUT2D eigenvalue weighted by Gasteiger charge is 2.21. The van der Waals surface area contributed by atoms with E-state index in [-0.39, 0.29) is 6.04 Å². The van der Waals surface area contributed by atoms with Gasteiger partial charge in [-0.1, -0.05) is 12.1 Å². The summed E-state index contributed by atoms with van der Waals surface area (Å²) < 4.78 is 2.26. The molecule has 0 fully saturated rings. The van der Waals surface area contributed by atoms with Crippen molar-refractivity contribution in [1.29, 1.82) is 0 Å². The van der Waals surface area contributed by atoms with Gasteiger partial charge in [0.05, 0.1) is 12.0 Å². The molecule has 1 unspecified atom stereocenters. The van der Waals surface area contributed by atoms with Gasteiger partial charge in [0.2, 0.25) is 0 Å². The second-order valence-corrected chi connectivity index (χ2v) is 5.67. The van der Waals surface area contributed by atoms with Gasteiger partial charge >= 0.3 is 0 Å². The molecule has 0 bridgehead atoms. The Morgan fingerprint density at radius 1 is 1.21 bits per heavy atom. The van der Waals surface area contributed by atoms with Gasteiger partial charge in [-0.2, -0.15) is 0 Å². The highest BCUT2D eigenvalue weighted by molar-refractivity contribution is 5.68. The van der Waals surface area contributed by atoms with Crippen molar-refractivity contribution >= 4 is 0 Å². The Bertz CT molecular complexity index is 625. The number of nitrogens with zero attached hydrogens (tertiary/aromatic N) is 2. The van der Waals surface area contributed by atoms with Gasteiger partial charge in [0.1, 0.15) is 0 Å². The lowest BCUT2D eigenvalue weighted by atomic mass is 9.94. The normalized spacial score (nSPS) is 18.4. The first-order valence-corrected chi connectivity index (χ1v) is 6.94. The van der Waals surface area contributed by atoms with E-state index in [1.165, 1.54) is 27.9 Å². The monoisotopic (exact) mass is 255 g/mol. The summed E-state index contributed by atoms with van der Waals surface area (Å²) in [5, 5.41) is 0. The summed E-state index contributed by atoms with van der Waals surface area (Å²) in [6.45, 7) is 7.52. The molecule has 0 spiro atoms. The Morgan fingerprint density at radius 3 is 2.79 bits per heavy atom. The molecular formula is C16H21N3. The molecule has 2 aromatic rings. The van der Waals surface area contributed by atoms with E-state index in [1.54, 1.807) is 0 Å². The third kappa shape index (κ3) is 1.98. The van der Waals surface area contributed by atoms with Crippen LogP contribution in [0.3, 0.4) is 0 Å². The van der Waals surface area contributed by atoms with E-state index in [1.807, 2.05) is 6.33 Å². The minimum Gasteiger partial charge on any atom is -0.334 e. The third-order valence-electron chi connectivity index (χ3n) is 4.46. The fourth-order valence-corrected chi connectivity index (χ4v) is 2.91. The zero-order valence-electron chi connectivity index (χ0n) is 11.9. The largest absolute Gasteiger partial charge is 0.334 e. The molecular weight excluding hydrogens is 234 g/mol. The molecule has 2 N–H and O–H groups in total. The first kappa shape index (κ1) is 12.4. The lowest BCUT2D eigenvalue weighted by Crippen LogP contribution is -2.30. The van der Waals surface area contributed by atoms with Crippen LogP contribution < -0.4 is 5.73 Å². The maximum absolute atomic E-state index is 6.11. The van der Waals surface area contributed by atoms with Crippen LogP contribution in [0.1, 0.15) is 28.8 Å². The summed E-state index contributed by atoms with van der Waals surface area (Å²) in [5.41, 5.74) is 13.8. The lowest BCUT2D eigenvalue weighted by Gasteiger charge is -2.21. The van der Waals surface area contributed by atoms with Crippen LogP contribution in [0, 0.1) is 20.8 Å². The van der Waals surface area contributed by atoms with Gasteiger partial charge in [-0.25, -0.2) is 4.98 Å². The van der Waals surface area contributed by atoms with Gasteiger partial charge in [0.15, 0.2) is 0 Å². The molecule has 0 saturated heterocycles. The molecule has 19 heavy (non-hydrogen) atoms. The molecule has 1 aliphatic heterocycles. The SMILES string of the molecule is Cc1ccc(-c2ncn3c2CC(N)CC3)c(C)c1C. The molecule has 0 aliphatic carbocycles. The highest BCUT2D eigenvalue weighted by atomic mass is 15.1. The smallest absolute Gasteiger partial charge is 0.0956 e. The van der Waals surface area contributed by atoms with Crippen LogP contribution in [-0.2, 0) is 13.0 Å². The van der Waals surface area contributed by atoms with Gasteiger partial charge in [-0.05, 0) is 43.9 Å². The Hall–Kier alpha value is -1.61. The Balaban J connectivity index is 2.14. The molecule has 3 heteroatoms. The number of benzene rings is 1. The minimum atomic E-state index is 0.273.